The number of thiophene rings is 1. The molecular weight excluding hydrogens is 320 g/mol. The molecule has 0 aliphatic carbocycles. The molecule has 5 nitrogen and oxygen atoms in total. The van der Waals surface area contributed by atoms with Crippen LogP contribution in [0.3, 0.4) is 0 Å². The summed E-state index contributed by atoms with van der Waals surface area (Å²) in [5.74, 6) is 0.239. The van der Waals surface area contributed by atoms with Crippen molar-refractivity contribution in [2.75, 3.05) is 18.6 Å². The lowest BCUT2D eigenvalue weighted by Gasteiger charge is -2.23. The van der Waals surface area contributed by atoms with Crippen LogP contribution in [0.4, 0.5) is 4.79 Å². The molecule has 0 bridgehead atoms. The highest BCUT2D eigenvalue weighted by atomic mass is 32.2. The van der Waals surface area contributed by atoms with Crippen molar-refractivity contribution >= 4 is 37.3 Å². The van der Waals surface area contributed by atoms with Gasteiger partial charge in [-0.3, -0.25) is 0 Å². The van der Waals surface area contributed by atoms with Gasteiger partial charge in [0.1, 0.15) is 0 Å². The topological polar surface area (TPSA) is 66.5 Å². The van der Waals surface area contributed by atoms with E-state index in [1.165, 1.54) is 9.60 Å². The first-order valence-electron chi connectivity index (χ1n) is 7.12. The number of hydrogen-bond donors (Lipinski definition) is 1. The standard InChI is InChI=1S/C15H18N2O3S2/c1-17(12-6-7-22(19,20)10-12)15(18)16-8-11-9-21-14-5-3-2-4-13(11)14/h2-5,9,12H,6-8,10H2,1H3,(H,16,18)/t12-/m1/s1. The number of urea groups is 1. The summed E-state index contributed by atoms with van der Waals surface area (Å²) in [5, 5.41) is 6.08. The van der Waals surface area contributed by atoms with Crippen LogP contribution in [-0.2, 0) is 16.4 Å². The van der Waals surface area contributed by atoms with Crippen LogP contribution in [0.15, 0.2) is 29.6 Å². The zero-order valence-corrected chi connectivity index (χ0v) is 13.9. The Labute approximate surface area is 133 Å². The highest BCUT2D eigenvalue weighted by Crippen LogP contribution is 2.25. The van der Waals surface area contributed by atoms with E-state index in [2.05, 4.69) is 11.4 Å². The molecule has 0 spiro atoms. The summed E-state index contributed by atoms with van der Waals surface area (Å²) in [6.45, 7) is 0.451. The number of fused-ring (bicyclic) bond motifs is 1. The minimum atomic E-state index is -2.98. The van der Waals surface area contributed by atoms with Crippen molar-refractivity contribution in [3.63, 3.8) is 0 Å². The molecule has 1 aliphatic heterocycles. The molecule has 1 saturated heterocycles. The number of carbonyl (C=O) groups is 1. The third kappa shape index (κ3) is 3.10. The second-order valence-electron chi connectivity index (χ2n) is 5.58. The lowest BCUT2D eigenvalue weighted by atomic mass is 10.2. The van der Waals surface area contributed by atoms with E-state index < -0.39 is 9.84 Å². The Balaban J connectivity index is 1.63. The smallest absolute Gasteiger partial charge is 0.317 e. The van der Waals surface area contributed by atoms with Gasteiger partial charge in [-0.1, -0.05) is 18.2 Å². The number of sulfone groups is 1. The van der Waals surface area contributed by atoms with Gasteiger partial charge < -0.3 is 10.2 Å². The molecule has 1 aliphatic rings. The number of nitrogens with one attached hydrogen (secondary N) is 1. The number of rotatable bonds is 3. The minimum absolute atomic E-state index is 0.0678. The van der Waals surface area contributed by atoms with Crippen LogP contribution in [-0.4, -0.2) is 43.9 Å². The predicted octanol–water partition coefficient (Wildman–Crippen LogP) is 2.23. The van der Waals surface area contributed by atoms with Gasteiger partial charge in [0.2, 0.25) is 0 Å². The van der Waals surface area contributed by atoms with Gasteiger partial charge >= 0.3 is 6.03 Å². The van der Waals surface area contributed by atoms with Gasteiger partial charge in [0.25, 0.3) is 0 Å². The molecule has 22 heavy (non-hydrogen) atoms. The first-order chi connectivity index (χ1) is 10.5. The molecular formula is C15H18N2O3S2. The second kappa shape index (κ2) is 5.89. The molecule has 1 fully saturated rings. The number of carbonyl (C=O) groups excluding carboxylic acids is 1. The molecule has 1 N–H and O–H groups in total. The number of nitrogens with zero attached hydrogens (tertiary/aromatic N) is 1. The van der Waals surface area contributed by atoms with Crippen LogP contribution < -0.4 is 5.32 Å². The van der Waals surface area contributed by atoms with Crippen molar-refractivity contribution in [1.82, 2.24) is 10.2 Å². The molecule has 7 heteroatoms. The number of amides is 2. The Hall–Kier alpha value is -1.60. The Kier molecular flexibility index (Phi) is 4.10. The maximum atomic E-state index is 12.2. The molecule has 118 valence electrons. The highest BCUT2D eigenvalue weighted by Gasteiger charge is 2.32. The molecule has 2 heterocycles. The quantitative estimate of drug-likeness (QED) is 0.933. The van der Waals surface area contributed by atoms with E-state index in [0.717, 1.165) is 10.9 Å². The maximum Gasteiger partial charge on any atom is 0.317 e. The molecule has 3 rings (SSSR count). The van der Waals surface area contributed by atoms with E-state index in [9.17, 15) is 13.2 Å². The summed E-state index contributed by atoms with van der Waals surface area (Å²) >= 11 is 1.65. The molecule has 2 aromatic rings. The van der Waals surface area contributed by atoms with E-state index in [4.69, 9.17) is 0 Å². The molecule has 1 aromatic heterocycles. The van der Waals surface area contributed by atoms with Gasteiger partial charge in [0.15, 0.2) is 9.84 Å². The van der Waals surface area contributed by atoms with Crippen molar-refractivity contribution in [3.8, 4) is 0 Å². The summed E-state index contributed by atoms with van der Waals surface area (Å²) < 4.78 is 24.2. The third-order valence-electron chi connectivity index (χ3n) is 4.07. The summed E-state index contributed by atoms with van der Waals surface area (Å²) in [4.78, 5) is 13.7. The van der Waals surface area contributed by atoms with Crippen LogP contribution in [0.1, 0.15) is 12.0 Å². The van der Waals surface area contributed by atoms with Gasteiger partial charge in [-0.15, -0.1) is 11.3 Å². The van der Waals surface area contributed by atoms with E-state index in [1.54, 1.807) is 18.4 Å². The van der Waals surface area contributed by atoms with Crippen molar-refractivity contribution < 1.29 is 13.2 Å². The molecule has 1 atom stereocenters. The van der Waals surface area contributed by atoms with E-state index >= 15 is 0 Å². The normalized spacial score (nSPS) is 20.1. The zero-order valence-electron chi connectivity index (χ0n) is 12.3. The summed E-state index contributed by atoms with van der Waals surface area (Å²) in [6.07, 6.45) is 0.521. The number of benzene rings is 1. The monoisotopic (exact) mass is 338 g/mol. The van der Waals surface area contributed by atoms with Crippen LogP contribution in [0.2, 0.25) is 0 Å². The van der Waals surface area contributed by atoms with Gasteiger partial charge in [0.05, 0.1) is 11.5 Å². The maximum absolute atomic E-state index is 12.2. The fourth-order valence-corrected chi connectivity index (χ4v) is 5.45. The Morgan fingerprint density at radius 1 is 1.41 bits per heavy atom. The number of hydrogen-bond acceptors (Lipinski definition) is 4. The Bertz CT molecular complexity index is 798. The van der Waals surface area contributed by atoms with E-state index in [-0.39, 0.29) is 23.6 Å². The molecule has 1 aromatic carbocycles. The molecule has 0 saturated carbocycles. The summed E-state index contributed by atoms with van der Waals surface area (Å²) in [6, 6.07) is 7.63. The third-order valence-corrected chi connectivity index (χ3v) is 6.83. The fourth-order valence-electron chi connectivity index (χ4n) is 2.71. The van der Waals surface area contributed by atoms with Crippen LogP contribution >= 0.6 is 11.3 Å². The first kappa shape index (κ1) is 15.3. The van der Waals surface area contributed by atoms with Gasteiger partial charge in [-0.25, -0.2) is 13.2 Å². The van der Waals surface area contributed by atoms with E-state index in [0.29, 0.717) is 13.0 Å². The molecule has 0 unspecified atom stereocenters. The van der Waals surface area contributed by atoms with Gasteiger partial charge in [-0.05, 0) is 28.8 Å². The molecule has 2 amide bonds. The van der Waals surface area contributed by atoms with Crippen molar-refractivity contribution in [3.05, 3.63) is 35.2 Å². The SMILES string of the molecule is CN(C(=O)NCc1csc2ccccc12)[C@@H]1CCS(=O)(=O)C1. The van der Waals surface area contributed by atoms with E-state index in [1.807, 2.05) is 23.6 Å². The zero-order chi connectivity index (χ0) is 15.7. The van der Waals surface area contributed by atoms with Crippen molar-refractivity contribution in [2.24, 2.45) is 0 Å². The predicted molar refractivity (Wildman–Crippen MR) is 88.9 cm³/mol. The second-order valence-corrected chi connectivity index (χ2v) is 8.72. The average molecular weight is 338 g/mol. The lowest BCUT2D eigenvalue weighted by molar-refractivity contribution is 0.194. The van der Waals surface area contributed by atoms with Crippen LogP contribution in [0.5, 0.6) is 0 Å². The van der Waals surface area contributed by atoms with Crippen molar-refractivity contribution in [2.45, 2.75) is 19.0 Å². The van der Waals surface area contributed by atoms with Gasteiger partial charge in [-0.2, -0.15) is 0 Å². The summed E-state index contributed by atoms with van der Waals surface area (Å²) in [5.41, 5.74) is 1.08. The fraction of sp³-hybridized carbons (Fsp3) is 0.400. The Morgan fingerprint density at radius 3 is 2.91 bits per heavy atom. The minimum Gasteiger partial charge on any atom is -0.334 e. The van der Waals surface area contributed by atoms with Crippen LogP contribution in [0, 0.1) is 0 Å². The summed E-state index contributed by atoms with van der Waals surface area (Å²) in [7, 11) is -1.32. The van der Waals surface area contributed by atoms with Gasteiger partial charge in [0, 0.05) is 24.3 Å². The highest BCUT2D eigenvalue weighted by molar-refractivity contribution is 7.91. The lowest BCUT2D eigenvalue weighted by Crippen LogP contribution is -2.43. The largest absolute Gasteiger partial charge is 0.334 e. The Morgan fingerprint density at radius 2 is 2.18 bits per heavy atom. The van der Waals surface area contributed by atoms with Crippen molar-refractivity contribution in [1.29, 1.82) is 0 Å². The van der Waals surface area contributed by atoms with Crippen LogP contribution in [0.25, 0.3) is 10.1 Å². The first-order valence-corrected chi connectivity index (χ1v) is 9.82. The molecule has 0 radical (unpaired) electrons. The average Bonchev–Trinajstić information content (AvgIpc) is 3.07.